The number of hydrogen-bond donors (Lipinski definition) is 1. The molecule has 1 amide bonds. The number of rotatable bonds is 7. The van der Waals surface area contributed by atoms with Crippen molar-refractivity contribution in [2.45, 2.75) is 6.54 Å². The molecule has 1 heterocycles. The van der Waals surface area contributed by atoms with Gasteiger partial charge in [-0.05, 0) is 11.6 Å². The van der Waals surface area contributed by atoms with E-state index in [4.69, 9.17) is 4.74 Å². The summed E-state index contributed by atoms with van der Waals surface area (Å²) in [6, 6.07) is 11.8. The van der Waals surface area contributed by atoms with Crippen LogP contribution in [0.1, 0.15) is 16.1 Å². The van der Waals surface area contributed by atoms with Gasteiger partial charge in [-0.15, -0.1) is 6.58 Å². The van der Waals surface area contributed by atoms with E-state index in [9.17, 15) is 14.4 Å². The molecular weight excluding hydrogens is 310 g/mol. The minimum Gasteiger partial charge on any atom is -0.451 e. The summed E-state index contributed by atoms with van der Waals surface area (Å²) in [4.78, 5) is 35.2. The predicted molar refractivity (Wildman–Crippen MR) is 87.5 cm³/mol. The molecule has 0 saturated heterocycles. The predicted octanol–water partition coefficient (Wildman–Crippen LogP) is 0.751. The largest absolute Gasteiger partial charge is 0.451 e. The molecule has 0 bridgehead atoms. The van der Waals surface area contributed by atoms with Gasteiger partial charge in [-0.1, -0.05) is 36.4 Å². The first-order chi connectivity index (χ1) is 11.6. The zero-order chi connectivity index (χ0) is 17.4. The number of nitrogens with zero attached hydrogens (tertiary/aromatic N) is 2. The van der Waals surface area contributed by atoms with Crippen molar-refractivity contribution in [3.63, 3.8) is 0 Å². The number of nitrogens with one attached hydrogen (secondary N) is 1. The summed E-state index contributed by atoms with van der Waals surface area (Å²) in [6.07, 6.45) is 1.51. The Kier molecular flexibility index (Phi) is 6.01. The van der Waals surface area contributed by atoms with Gasteiger partial charge in [0.2, 0.25) is 0 Å². The highest BCUT2D eigenvalue weighted by Crippen LogP contribution is 2.01. The van der Waals surface area contributed by atoms with Gasteiger partial charge in [0.25, 0.3) is 11.5 Å². The number of carbonyl (C=O) groups excluding carboxylic acids is 2. The fourth-order valence-electron chi connectivity index (χ4n) is 1.87. The topological polar surface area (TPSA) is 90.3 Å². The molecule has 1 aromatic carbocycles. The maximum atomic E-state index is 11.9. The number of aromatic nitrogens is 2. The van der Waals surface area contributed by atoms with Crippen LogP contribution in [0.5, 0.6) is 0 Å². The number of benzene rings is 1. The van der Waals surface area contributed by atoms with E-state index in [1.165, 1.54) is 22.9 Å². The molecule has 7 nitrogen and oxygen atoms in total. The third-order valence-corrected chi connectivity index (χ3v) is 3.03. The third-order valence-electron chi connectivity index (χ3n) is 3.03. The minimum atomic E-state index is -0.773. The Morgan fingerprint density at radius 3 is 2.67 bits per heavy atom. The Bertz CT molecular complexity index is 784. The summed E-state index contributed by atoms with van der Waals surface area (Å²) in [5, 5.41) is 6.47. The zero-order valence-corrected chi connectivity index (χ0v) is 13.0. The van der Waals surface area contributed by atoms with Crippen molar-refractivity contribution in [2.24, 2.45) is 0 Å². The molecule has 0 fully saturated rings. The molecule has 0 aliphatic carbocycles. The van der Waals surface area contributed by atoms with Crippen molar-refractivity contribution in [3.8, 4) is 0 Å². The van der Waals surface area contributed by atoms with Crippen LogP contribution in [0.25, 0.3) is 0 Å². The van der Waals surface area contributed by atoms with Crippen molar-refractivity contribution >= 4 is 11.9 Å². The minimum absolute atomic E-state index is 0.0398. The molecule has 0 unspecified atom stereocenters. The summed E-state index contributed by atoms with van der Waals surface area (Å²) in [5.74, 6) is -1.22. The smallest absolute Gasteiger partial charge is 0.359 e. The first-order valence-corrected chi connectivity index (χ1v) is 7.27. The molecule has 24 heavy (non-hydrogen) atoms. The lowest BCUT2D eigenvalue weighted by atomic mass is 10.2. The van der Waals surface area contributed by atoms with Gasteiger partial charge < -0.3 is 10.1 Å². The summed E-state index contributed by atoms with van der Waals surface area (Å²) in [5.41, 5.74) is 0.502. The van der Waals surface area contributed by atoms with Crippen molar-refractivity contribution < 1.29 is 14.3 Å². The fourth-order valence-corrected chi connectivity index (χ4v) is 1.87. The highest BCUT2D eigenvalue weighted by Gasteiger charge is 2.13. The van der Waals surface area contributed by atoms with Crippen LogP contribution in [0.4, 0.5) is 0 Å². The average Bonchev–Trinajstić information content (AvgIpc) is 2.60. The molecule has 124 valence electrons. The number of ether oxygens (including phenoxy) is 1. The van der Waals surface area contributed by atoms with Crippen molar-refractivity contribution in [3.05, 3.63) is 76.7 Å². The normalized spacial score (nSPS) is 10.0. The lowest BCUT2D eigenvalue weighted by Gasteiger charge is -2.07. The van der Waals surface area contributed by atoms with Crippen molar-refractivity contribution in [1.82, 2.24) is 15.1 Å². The third kappa shape index (κ3) is 4.91. The Balaban J connectivity index is 2.04. The van der Waals surface area contributed by atoms with Gasteiger partial charge in [-0.25, -0.2) is 9.48 Å². The molecule has 0 radical (unpaired) electrons. The Hall–Kier alpha value is -3.22. The van der Waals surface area contributed by atoms with E-state index in [0.29, 0.717) is 0 Å². The second-order valence-corrected chi connectivity index (χ2v) is 4.87. The van der Waals surface area contributed by atoms with E-state index < -0.39 is 18.5 Å². The molecule has 0 aliphatic rings. The lowest BCUT2D eigenvalue weighted by molar-refractivity contribution is -0.124. The summed E-state index contributed by atoms with van der Waals surface area (Å²) < 4.78 is 6.04. The molecule has 0 saturated carbocycles. The molecule has 0 atom stereocenters. The van der Waals surface area contributed by atoms with E-state index in [1.54, 1.807) is 0 Å². The molecule has 2 aromatic rings. The first-order valence-electron chi connectivity index (χ1n) is 7.27. The summed E-state index contributed by atoms with van der Waals surface area (Å²) >= 11 is 0. The van der Waals surface area contributed by atoms with E-state index in [0.717, 1.165) is 5.56 Å². The van der Waals surface area contributed by atoms with Gasteiger partial charge in [-0.3, -0.25) is 9.59 Å². The molecule has 0 aliphatic heterocycles. The van der Waals surface area contributed by atoms with Crippen LogP contribution in [-0.4, -0.2) is 34.8 Å². The van der Waals surface area contributed by atoms with E-state index >= 15 is 0 Å². The maximum absolute atomic E-state index is 11.9. The standard InChI is InChI=1S/C17H17N3O4/c1-2-10-18-15(21)12-24-17(23)14-8-9-16(22)20(19-14)11-13-6-4-3-5-7-13/h2-9H,1,10-12H2,(H,18,21). The van der Waals surface area contributed by atoms with Crippen LogP contribution in [0.15, 0.2) is 59.9 Å². The van der Waals surface area contributed by atoms with E-state index in [-0.39, 0.29) is 24.3 Å². The van der Waals surface area contributed by atoms with Crippen LogP contribution in [0.3, 0.4) is 0 Å². The molecule has 1 aromatic heterocycles. The van der Waals surface area contributed by atoms with Crippen LogP contribution in [0, 0.1) is 0 Å². The number of esters is 1. The van der Waals surface area contributed by atoms with Gasteiger partial charge in [0, 0.05) is 12.6 Å². The maximum Gasteiger partial charge on any atom is 0.359 e. The quantitative estimate of drug-likeness (QED) is 0.599. The summed E-state index contributed by atoms with van der Waals surface area (Å²) in [6.45, 7) is 3.56. The lowest BCUT2D eigenvalue weighted by Crippen LogP contribution is -2.30. The summed E-state index contributed by atoms with van der Waals surface area (Å²) in [7, 11) is 0. The Morgan fingerprint density at radius 2 is 1.96 bits per heavy atom. The Morgan fingerprint density at radius 1 is 1.21 bits per heavy atom. The van der Waals surface area contributed by atoms with Crippen LogP contribution in [-0.2, 0) is 16.1 Å². The molecule has 1 N–H and O–H groups in total. The molecule has 7 heteroatoms. The van der Waals surface area contributed by atoms with Crippen LogP contribution < -0.4 is 10.9 Å². The fraction of sp³-hybridized carbons (Fsp3) is 0.176. The van der Waals surface area contributed by atoms with Gasteiger partial charge in [0.15, 0.2) is 12.3 Å². The highest BCUT2D eigenvalue weighted by molar-refractivity contribution is 5.89. The first kappa shape index (κ1) is 17.1. The van der Waals surface area contributed by atoms with Crippen LogP contribution in [0.2, 0.25) is 0 Å². The van der Waals surface area contributed by atoms with E-state index in [2.05, 4.69) is 17.0 Å². The highest BCUT2D eigenvalue weighted by atomic mass is 16.5. The van der Waals surface area contributed by atoms with Gasteiger partial charge in [-0.2, -0.15) is 5.10 Å². The van der Waals surface area contributed by atoms with Gasteiger partial charge in [0.1, 0.15) is 0 Å². The molecule has 2 rings (SSSR count). The van der Waals surface area contributed by atoms with Crippen LogP contribution >= 0.6 is 0 Å². The molecule has 0 spiro atoms. The van der Waals surface area contributed by atoms with Crippen molar-refractivity contribution in [1.29, 1.82) is 0 Å². The average molecular weight is 327 g/mol. The number of carbonyl (C=O) groups is 2. The van der Waals surface area contributed by atoms with Gasteiger partial charge in [0.05, 0.1) is 6.54 Å². The SMILES string of the molecule is C=CCNC(=O)COC(=O)c1ccc(=O)n(Cc2ccccc2)n1. The Labute approximate surface area is 138 Å². The number of hydrogen-bond acceptors (Lipinski definition) is 5. The zero-order valence-electron chi connectivity index (χ0n) is 13.0. The monoisotopic (exact) mass is 327 g/mol. The second-order valence-electron chi connectivity index (χ2n) is 4.87. The van der Waals surface area contributed by atoms with Crippen molar-refractivity contribution in [2.75, 3.05) is 13.2 Å². The van der Waals surface area contributed by atoms with Gasteiger partial charge >= 0.3 is 5.97 Å². The number of amides is 1. The second kappa shape index (κ2) is 8.42. The molecular formula is C17H17N3O4. The van der Waals surface area contributed by atoms with E-state index in [1.807, 2.05) is 30.3 Å².